The highest BCUT2D eigenvalue weighted by atomic mass is 32.2. The molecule has 11 heteroatoms. The van der Waals surface area contributed by atoms with E-state index in [0.717, 1.165) is 18.5 Å². The van der Waals surface area contributed by atoms with E-state index in [2.05, 4.69) is 37.0 Å². The van der Waals surface area contributed by atoms with Gasteiger partial charge in [-0.3, -0.25) is 14.5 Å². The number of amides is 1. The molecule has 0 radical (unpaired) electrons. The van der Waals surface area contributed by atoms with Gasteiger partial charge in [0.2, 0.25) is 0 Å². The Morgan fingerprint density at radius 2 is 2.03 bits per heavy atom. The van der Waals surface area contributed by atoms with Crippen LogP contribution in [-0.4, -0.2) is 41.9 Å². The van der Waals surface area contributed by atoms with Crippen molar-refractivity contribution in [2.24, 2.45) is 10.1 Å². The first-order chi connectivity index (χ1) is 17.1. The molecule has 4 rings (SSSR count). The Bertz CT molecular complexity index is 1410. The zero-order chi connectivity index (χ0) is 25.9. The quantitative estimate of drug-likeness (QED) is 0.404. The van der Waals surface area contributed by atoms with E-state index >= 15 is 0 Å². The average Bonchev–Trinajstić information content (AvgIpc) is 3.23. The van der Waals surface area contributed by atoms with Gasteiger partial charge in [0.25, 0.3) is 5.91 Å². The number of hydrogen-bond donors (Lipinski definition) is 3. The fourth-order valence-electron chi connectivity index (χ4n) is 3.98. The number of amidine groups is 1. The maximum Gasteiger partial charge on any atom is 0.344 e. The zero-order valence-corrected chi connectivity index (χ0v) is 21.3. The first kappa shape index (κ1) is 25.2. The molecule has 0 spiro atoms. The van der Waals surface area contributed by atoms with Crippen LogP contribution in [0.15, 0.2) is 59.3 Å². The largest absolute Gasteiger partial charge is 0.490 e. The second-order valence-corrected chi connectivity index (χ2v) is 10.6. The number of pyridine rings is 1. The van der Waals surface area contributed by atoms with Gasteiger partial charge in [0, 0.05) is 23.7 Å². The number of anilines is 1. The van der Waals surface area contributed by atoms with Gasteiger partial charge < -0.3 is 20.4 Å². The molecule has 10 nitrogen and oxygen atoms in total. The van der Waals surface area contributed by atoms with Crippen molar-refractivity contribution in [3.05, 3.63) is 77.4 Å². The van der Waals surface area contributed by atoms with Gasteiger partial charge in [0.15, 0.2) is 5.84 Å². The van der Waals surface area contributed by atoms with Crippen LogP contribution in [0, 0.1) is 0 Å². The van der Waals surface area contributed by atoms with Gasteiger partial charge in [0.1, 0.15) is 12.4 Å². The number of nitrogens with zero attached hydrogens (tertiary/aromatic N) is 3. The molecule has 1 aliphatic heterocycles. The highest BCUT2D eigenvalue weighted by Crippen LogP contribution is 2.30. The van der Waals surface area contributed by atoms with Crippen molar-refractivity contribution in [3.8, 4) is 5.75 Å². The lowest BCUT2D eigenvalue weighted by Crippen LogP contribution is -2.48. The van der Waals surface area contributed by atoms with Crippen LogP contribution >= 0.6 is 0 Å². The fraction of sp³-hybridized carbons (Fsp3) is 0.320. The van der Waals surface area contributed by atoms with Gasteiger partial charge in [0.05, 0.1) is 29.0 Å². The first-order valence-electron chi connectivity index (χ1n) is 11.6. The molecule has 4 N–H and O–H groups in total. The Labute approximate surface area is 210 Å². The summed E-state index contributed by atoms with van der Waals surface area (Å²) in [4.78, 5) is 17.5. The van der Waals surface area contributed by atoms with Gasteiger partial charge >= 0.3 is 10.2 Å². The summed E-state index contributed by atoms with van der Waals surface area (Å²) in [6, 6.07) is 12.5. The number of aromatic nitrogens is 2. The molecule has 36 heavy (non-hydrogen) atoms. The van der Waals surface area contributed by atoms with E-state index < -0.39 is 15.7 Å². The van der Waals surface area contributed by atoms with Crippen molar-refractivity contribution < 1.29 is 17.9 Å². The third-order valence-corrected chi connectivity index (χ3v) is 6.54. The third kappa shape index (κ3) is 5.85. The van der Waals surface area contributed by atoms with Gasteiger partial charge in [-0.2, -0.15) is 8.42 Å². The maximum absolute atomic E-state index is 13.0. The SMILES string of the molecule is CCCc1cccn1Cc1cc(C(=O)NC(C)(C)COc2cccc3c2C(N)=NS(=O)(=O)N3)ccn1. The van der Waals surface area contributed by atoms with Gasteiger partial charge in [-0.15, -0.1) is 4.40 Å². The number of hydrogen-bond acceptors (Lipinski definition) is 6. The summed E-state index contributed by atoms with van der Waals surface area (Å²) in [6.07, 6.45) is 5.69. The molecule has 3 aromatic rings. The monoisotopic (exact) mass is 510 g/mol. The molecule has 2 aromatic heterocycles. The van der Waals surface area contributed by atoms with Gasteiger partial charge in [-0.05, 0) is 56.7 Å². The molecular weight excluding hydrogens is 480 g/mol. The second-order valence-electron chi connectivity index (χ2n) is 9.27. The molecule has 0 saturated heterocycles. The fourth-order valence-corrected chi connectivity index (χ4v) is 4.82. The predicted octanol–water partition coefficient (Wildman–Crippen LogP) is 2.85. The zero-order valence-electron chi connectivity index (χ0n) is 20.5. The maximum atomic E-state index is 13.0. The van der Waals surface area contributed by atoms with Crippen molar-refractivity contribution >= 4 is 27.6 Å². The van der Waals surface area contributed by atoms with Crippen molar-refractivity contribution in [1.82, 2.24) is 14.9 Å². The van der Waals surface area contributed by atoms with E-state index in [1.165, 1.54) is 5.69 Å². The second kappa shape index (κ2) is 10.0. The number of rotatable bonds is 9. The Balaban J connectivity index is 1.43. The molecule has 1 amide bonds. The minimum Gasteiger partial charge on any atom is -0.490 e. The number of fused-ring (bicyclic) bond motifs is 1. The van der Waals surface area contributed by atoms with Crippen LogP contribution in [0.5, 0.6) is 5.75 Å². The molecule has 1 aromatic carbocycles. The minimum atomic E-state index is -3.88. The molecule has 0 saturated carbocycles. The molecule has 1 aliphatic rings. The molecule has 3 heterocycles. The number of nitrogens with one attached hydrogen (secondary N) is 2. The summed E-state index contributed by atoms with van der Waals surface area (Å²) < 4.78 is 37.5. The van der Waals surface area contributed by atoms with Crippen molar-refractivity contribution in [1.29, 1.82) is 0 Å². The van der Waals surface area contributed by atoms with Gasteiger partial charge in [-0.1, -0.05) is 19.4 Å². The summed E-state index contributed by atoms with van der Waals surface area (Å²) in [5.41, 5.74) is 8.30. The van der Waals surface area contributed by atoms with Crippen LogP contribution in [-0.2, 0) is 23.2 Å². The van der Waals surface area contributed by atoms with Crippen LogP contribution in [0.1, 0.15) is 54.5 Å². The van der Waals surface area contributed by atoms with Crippen molar-refractivity contribution in [2.45, 2.75) is 45.7 Å². The Morgan fingerprint density at radius 1 is 1.22 bits per heavy atom. The smallest absolute Gasteiger partial charge is 0.344 e. The molecule has 0 fully saturated rings. The lowest BCUT2D eigenvalue weighted by atomic mass is 10.1. The van der Waals surface area contributed by atoms with E-state index in [-0.39, 0.29) is 24.0 Å². The highest BCUT2D eigenvalue weighted by Gasteiger charge is 2.27. The topological polar surface area (TPSA) is 141 Å². The Morgan fingerprint density at radius 3 is 2.81 bits per heavy atom. The Kier molecular flexibility index (Phi) is 7.02. The summed E-state index contributed by atoms with van der Waals surface area (Å²) in [5.74, 6) is -0.0490. The number of nitrogens with two attached hydrogens (primary N) is 1. The standard InChI is InChI=1S/C25H30N6O4S/c1-4-7-19-8-6-13-31(19)15-18-14-17(11-12-27-18)24(32)28-25(2,3)16-35-21-10-5-9-20-22(21)23(26)30-36(33,34)29-20/h5-6,8-14,29H,4,7,15-16H2,1-3H3,(H2,26,30)(H,28,32). The number of ether oxygens (including phenoxy) is 1. The normalized spacial score (nSPS) is 14.4. The van der Waals surface area contributed by atoms with E-state index in [9.17, 15) is 13.2 Å². The van der Waals surface area contributed by atoms with Crippen LogP contribution in [0.2, 0.25) is 0 Å². The lowest BCUT2D eigenvalue weighted by molar-refractivity contribution is 0.0880. The lowest BCUT2D eigenvalue weighted by Gasteiger charge is -2.27. The molecule has 0 unspecified atom stereocenters. The Hall–Kier alpha value is -3.86. The average molecular weight is 511 g/mol. The number of carbonyl (C=O) groups is 1. The molecular formula is C25H30N6O4S. The molecule has 0 bridgehead atoms. The van der Waals surface area contributed by atoms with Crippen molar-refractivity contribution in [3.63, 3.8) is 0 Å². The van der Waals surface area contributed by atoms with E-state index in [0.29, 0.717) is 23.4 Å². The van der Waals surface area contributed by atoms with Gasteiger partial charge in [-0.25, -0.2) is 0 Å². The van der Waals surface area contributed by atoms with Crippen LogP contribution in [0.25, 0.3) is 0 Å². The number of aryl methyl sites for hydroxylation is 1. The number of carbonyl (C=O) groups excluding carboxylic acids is 1. The summed E-state index contributed by atoms with van der Waals surface area (Å²) in [5, 5.41) is 2.99. The summed E-state index contributed by atoms with van der Waals surface area (Å²) in [7, 11) is -3.88. The number of benzene rings is 1. The summed E-state index contributed by atoms with van der Waals surface area (Å²) in [6.45, 7) is 6.50. The van der Waals surface area contributed by atoms with Crippen LogP contribution in [0.4, 0.5) is 5.69 Å². The predicted molar refractivity (Wildman–Crippen MR) is 139 cm³/mol. The van der Waals surface area contributed by atoms with Crippen molar-refractivity contribution in [2.75, 3.05) is 11.3 Å². The van der Waals surface area contributed by atoms with Crippen LogP contribution < -0.4 is 20.5 Å². The summed E-state index contributed by atoms with van der Waals surface area (Å²) >= 11 is 0. The first-order valence-corrected chi connectivity index (χ1v) is 13.1. The molecule has 0 atom stereocenters. The molecule has 0 aliphatic carbocycles. The minimum absolute atomic E-state index is 0.108. The van der Waals surface area contributed by atoms with E-state index in [1.807, 2.05) is 26.1 Å². The van der Waals surface area contributed by atoms with Crippen LogP contribution in [0.3, 0.4) is 0 Å². The highest BCUT2D eigenvalue weighted by molar-refractivity contribution is 7.91. The van der Waals surface area contributed by atoms with E-state index in [1.54, 1.807) is 36.5 Å². The van der Waals surface area contributed by atoms with E-state index in [4.69, 9.17) is 10.5 Å². The third-order valence-electron chi connectivity index (χ3n) is 5.62. The molecule has 190 valence electrons.